The molecule has 31 heavy (non-hydrogen) atoms. The van der Waals surface area contributed by atoms with Crippen molar-refractivity contribution >= 4 is 35.2 Å². The molecule has 1 heterocycles. The second-order valence-corrected chi connectivity index (χ2v) is 8.24. The fourth-order valence-corrected chi connectivity index (χ4v) is 4.19. The highest BCUT2D eigenvalue weighted by atomic mass is 35.5. The van der Waals surface area contributed by atoms with Gasteiger partial charge in [-0.1, -0.05) is 65.8 Å². The van der Waals surface area contributed by atoms with Crippen LogP contribution in [0.5, 0.6) is 0 Å². The molecule has 0 saturated heterocycles. The van der Waals surface area contributed by atoms with Crippen molar-refractivity contribution in [3.8, 4) is 6.07 Å². The van der Waals surface area contributed by atoms with Crippen LogP contribution < -0.4 is 11.1 Å². The number of allylic oxidation sites excluding steroid dienone is 2. The summed E-state index contributed by atoms with van der Waals surface area (Å²) in [5.74, 6) is -1.70. The van der Waals surface area contributed by atoms with Crippen molar-refractivity contribution in [3.05, 3.63) is 92.6 Å². The van der Waals surface area contributed by atoms with Gasteiger partial charge in [-0.15, -0.1) is 0 Å². The number of hydrogen-bond acceptors (Lipinski definition) is 6. The number of halogens is 1. The number of ether oxygens (including phenoxy) is 1. The Balaban J connectivity index is 1.98. The summed E-state index contributed by atoms with van der Waals surface area (Å²) in [6.45, 7) is 1.85. The molecule has 0 aliphatic carbocycles. The van der Waals surface area contributed by atoms with E-state index >= 15 is 0 Å². The number of nitriles is 1. The number of esters is 1. The van der Waals surface area contributed by atoms with Crippen LogP contribution >= 0.6 is 23.4 Å². The van der Waals surface area contributed by atoms with Crippen molar-refractivity contribution in [3.63, 3.8) is 0 Å². The molecule has 0 saturated carbocycles. The van der Waals surface area contributed by atoms with Crippen molar-refractivity contribution in [2.75, 3.05) is 5.75 Å². The molecular weight excluding hydrogens is 434 g/mol. The van der Waals surface area contributed by atoms with E-state index in [1.54, 1.807) is 31.2 Å². The monoisotopic (exact) mass is 453 g/mol. The maximum atomic E-state index is 13.1. The first kappa shape index (κ1) is 22.5. The number of primary amides is 1. The quantitative estimate of drug-likeness (QED) is 0.614. The van der Waals surface area contributed by atoms with E-state index in [0.29, 0.717) is 32.5 Å². The first-order valence-corrected chi connectivity index (χ1v) is 10.8. The number of thioether (sulfide) groups is 1. The van der Waals surface area contributed by atoms with Gasteiger partial charge in [0.25, 0.3) is 0 Å². The molecule has 6 nitrogen and oxygen atoms in total. The van der Waals surface area contributed by atoms with Gasteiger partial charge in [-0.2, -0.15) is 5.26 Å². The summed E-state index contributed by atoms with van der Waals surface area (Å²) >= 11 is 7.16. The zero-order chi connectivity index (χ0) is 22.4. The van der Waals surface area contributed by atoms with Crippen LogP contribution in [0, 0.1) is 11.3 Å². The number of dihydropyridines is 1. The van der Waals surface area contributed by atoms with Crippen molar-refractivity contribution in [1.82, 2.24) is 5.32 Å². The Morgan fingerprint density at radius 1 is 1.19 bits per heavy atom. The molecule has 1 amide bonds. The fourth-order valence-electron chi connectivity index (χ4n) is 3.23. The van der Waals surface area contributed by atoms with Crippen LogP contribution in [0.4, 0.5) is 0 Å². The summed E-state index contributed by atoms with van der Waals surface area (Å²) in [6.07, 6.45) is 0. The number of carbonyl (C=O) groups excluding carboxylic acids is 2. The second kappa shape index (κ2) is 10.2. The van der Waals surface area contributed by atoms with E-state index in [1.807, 2.05) is 30.3 Å². The topological polar surface area (TPSA) is 105 Å². The zero-order valence-corrected chi connectivity index (χ0v) is 18.3. The summed E-state index contributed by atoms with van der Waals surface area (Å²) in [5.41, 5.74) is 8.03. The van der Waals surface area contributed by atoms with Gasteiger partial charge in [-0.25, -0.2) is 4.79 Å². The van der Waals surface area contributed by atoms with Crippen LogP contribution in [0.2, 0.25) is 5.02 Å². The lowest BCUT2D eigenvalue weighted by molar-refractivity contribution is -0.140. The first-order chi connectivity index (χ1) is 14.9. The van der Waals surface area contributed by atoms with Gasteiger partial charge < -0.3 is 15.8 Å². The number of nitrogens with one attached hydrogen (secondary N) is 1. The summed E-state index contributed by atoms with van der Waals surface area (Å²) in [5, 5.41) is 14.0. The van der Waals surface area contributed by atoms with E-state index in [4.69, 9.17) is 22.1 Å². The lowest BCUT2D eigenvalue weighted by Gasteiger charge is -2.29. The largest absolute Gasteiger partial charge is 0.457 e. The Labute approximate surface area is 189 Å². The van der Waals surface area contributed by atoms with E-state index in [-0.39, 0.29) is 12.4 Å². The predicted octanol–water partition coefficient (Wildman–Crippen LogP) is 4.00. The highest BCUT2D eigenvalue weighted by molar-refractivity contribution is 8.03. The van der Waals surface area contributed by atoms with Crippen molar-refractivity contribution < 1.29 is 14.3 Å². The van der Waals surface area contributed by atoms with E-state index in [2.05, 4.69) is 11.4 Å². The number of nitrogens with two attached hydrogens (primary N) is 1. The van der Waals surface area contributed by atoms with Gasteiger partial charge in [0.1, 0.15) is 6.61 Å². The van der Waals surface area contributed by atoms with Gasteiger partial charge in [0.15, 0.2) is 0 Å². The summed E-state index contributed by atoms with van der Waals surface area (Å²) in [4.78, 5) is 24.4. The number of hydrogen-bond donors (Lipinski definition) is 2. The molecule has 8 heteroatoms. The van der Waals surface area contributed by atoms with Crippen LogP contribution in [0.15, 0.2) is 76.5 Å². The number of carbonyl (C=O) groups is 2. The van der Waals surface area contributed by atoms with Crippen molar-refractivity contribution in [2.45, 2.75) is 19.4 Å². The van der Waals surface area contributed by atoms with Crippen molar-refractivity contribution in [2.24, 2.45) is 5.73 Å². The van der Waals surface area contributed by atoms with E-state index in [9.17, 15) is 14.9 Å². The minimum absolute atomic E-state index is 0.00190. The van der Waals surface area contributed by atoms with Crippen LogP contribution in [0.1, 0.15) is 24.0 Å². The Morgan fingerprint density at radius 2 is 1.87 bits per heavy atom. The third kappa shape index (κ3) is 5.48. The molecule has 3 rings (SSSR count). The average Bonchev–Trinajstić information content (AvgIpc) is 2.76. The molecule has 1 aliphatic heterocycles. The number of benzene rings is 2. The minimum Gasteiger partial charge on any atom is -0.457 e. The molecule has 0 spiro atoms. The molecule has 0 radical (unpaired) electrons. The minimum atomic E-state index is -0.665. The van der Waals surface area contributed by atoms with Crippen molar-refractivity contribution in [1.29, 1.82) is 5.26 Å². The van der Waals surface area contributed by atoms with Gasteiger partial charge in [0.2, 0.25) is 5.91 Å². The molecule has 2 aromatic rings. The predicted molar refractivity (Wildman–Crippen MR) is 121 cm³/mol. The standard InChI is InChI=1S/C23H20ClN3O3S/c1-14-20(23(29)30-12-15-5-3-2-4-6-15)21(16-7-9-17(24)10-8-16)18(11-25)22(27-14)31-13-19(26)28/h2-10,21,27H,12-13H2,1H3,(H2,26,28)/t21-/m0/s1. The molecule has 3 N–H and O–H groups in total. The number of amides is 1. The Morgan fingerprint density at radius 3 is 2.48 bits per heavy atom. The molecule has 0 unspecified atom stereocenters. The van der Waals surface area contributed by atoms with Crippen LogP contribution in [-0.4, -0.2) is 17.6 Å². The SMILES string of the molecule is CC1=C(C(=O)OCc2ccccc2)[C@@H](c2ccc(Cl)cc2)C(C#N)=C(SCC(N)=O)N1. The Bertz CT molecular complexity index is 1090. The molecule has 1 aliphatic rings. The van der Waals surface area contributed by atoms with E-state index < -0.39 is 17.8 Å². The molecule has 1 atom stereocenters. The highest BCUT2D eigenvalue weighted by Gasteiger charge is 2.35. The van der Waals surface area contributed by atoms with Gasteiger partial charge in [0, 0.05) is 10.7 Å². The smallest absolute Gasteiger partial charge is 0.337 e. The fraction of sp³-hybridized carbons (Fsp3) is 0.174. The summed E-state index contributed by atoms with van der Waals surface area (Å²) in [6, 6.07) is 18.5. The van der Waals surface area contributed by atoms with Gasteiger partial charge in [-0.3, -0.25) is 4.79 Å². The summed E-state index contributed by atoms with van der Waals surface area (Å²) in [7, 11) is 0. The molecule has 0 fully saturated rings. The molecule has 2 aromatic carbocycles. The maximum Gasteiger partial charge on any atom is 0.337 e. The van der Waals surface area contributed by atoms with Crippen LogP contribution in [0.3, 0.4) is 0 Å². The van der Waals surface area contributed by atoms with Crippen LogP contribution in [0.25, 0.3) is 0 Å². The van der Waals surface area contributed by atoms with Gasteiger partial charge in [0.05, 0.1) is 33.9 Å². The maximum absolute atomic E-state index is 13.1. The summed E-state index contributed by atoms with van der Waals surface area (Å²) < 4.78 is 5.56. The van der Waals surface area contributed by atoms with Gasteiger partial charge >= 0.3 is 5.97 Å². The third-order valence-electron chi connectivity index (χ3n) is 4.64. The molecule has 0 aromatic heterocycles. The average molecular weight is 454 g/mol. The molecule has 158 valence electrons. The lowest BCUT2D eigenvalue weighted by Crippen LogP contribution is -2.29. The normalized spacial score (nSPS) is 15.8. The Hall–Kier alpha value is -3.21. The van der Waals surface area contributed by atoms with Gasteiger partial charge in [-0.05, 0) is 30.2 Å². The van der Waals surface area contributed by atoms with Crippen LogP contribution in [-0.2, 0) is 20.9 Å². The third-order valence-corrected chi connectivity index (χ3v) is 5.93. The molecule has 0 bridgehead atoms. The Kier molecular flexibility index (Phi) is 7.40. The lowest BCUT2D eigenvalue weighted by atomic mass is 9.82. The number of nitrogens with zero attached hydrogens (tertiary/aromatic N) is 1. The molecular formula is C23H20ClN3O3S. The second-order valence-electron chi connectivity index (χ2n) is 6.82. The van der Waals surface area contributed by atoms with E-state index in [0.717, 1.165) is 17.3 Å². The first-order valence-electron chi connectivity index (χ1n) is 9.40. The highest BCUT2D eigenvalue weighted by Crippen LogP contribution is 2.41. The van der Waals surface area contributed by atoms with E-state index in [1.165, 1.54) is 0 Å². The number of rotatable bonds is 7. The zero-order valence-electron chi connectivity index (χ0n) is 16.7.